The first-order valence-electron chi connectivity index (χ1n) is 9.48. The Labute approximate surface area is 164 Å². The van der Waals surface area contributed by atoms with Crippen LogP contribution in [0.4, 0.5) is 0 Å². The lowest BCUT2D eigenvalue weighted by Gasteiger charge is -2.35. The van der Waals surface area contributed by atoms with Gasteiger partial charge >= 0.3 is 0 Å². The summed E-state index contributed by atoms with van der Waals surface area (Å²) in [5.74, 6) is -0.390. The molecule has 6 nitrogen and oxygen atoms in total. The van der Waals surface area contributed by atoms with Gasteiger partial charge in [0, 0.05) is 18.5 Å². The molecule has 0 aliphatic rings. The fourth-order valence-electron chi connectivity index (χ4n) is 3.17. The fourth-order valence-corrected chi connectivity index (χ4v) is 3.17. The number of amides is 2. The zero-order chi connectivity index (χ0) is 21.3. The van der Waals surface area contributed by atoms with Gasteiger partial charge in [0.2, 0.25) is 11.8 Å². The van der Waals surface area contributed by atoms with Gasteiger partial charge in [-0.25, -0.2) is 0 Å². The Kier molecular flexibility index (Phi) is 10.6. The van der Waals surface area contributed by atoms with Crippen molar-refractivity contribution < 1.29 is 19.1 Å². The molecule has 3 unspecified atom stereocenters. The van der Waals surface area contributed by atoms with Gasteiger partial charge in [0.05, 0.1) is 23.9 Å². The highest BCUT2D eigenvalue weighted by atomic mass is 16.5. The quantitative estimate of drug-likeness (QED) is 0.480. The Morgan fingerprint density at radius 1 is 0.889 bits per heavy atom. The molecule has 6 heteroatoms. The summed E-state index contributed by atoms with van der Waals surface area (Å²) in [5.41, 5.74) is -0.792. The summed E-state index contributed by atoms with van der Waals surface area (Å²) >= 11 is 0. The molecule has 0 heterocycles. The monoisotopic (exact) mass is 382 g/mol. The molecule has 0 saturated heterocycles. The van der Waals surface area contributed by atoms with Crippen molar-refractivity contribution in [3.8, 4) is 0 Å². The Morgan fingerprint density at radius 2 is 1.37 bits per heavy atom. The molecule has 0 fully saturated rings. The average Bonchev–Trinajstić information content (AvgIpc) is 2.50. The molecule has 0 aliphatic heterocycles. The van der Waals surface area contributed by atoms with E-state index < -0.39 is 11.2 Å². The van der Waals surface area contributed by atoms with Crippen molar-refractivity contribution in [2.45, 2.75) is 90.7 Å². The standard InChI is InChI=1S/C21H38N2O4/c1-10-18(24)22-15(3)12-21(8,9)27-17(5)13-20(6,7)26-14-16(4)23-19(25)11-2/h10-11,15-17H,1-2,12-14H2,3-9H3,(H,22,24)(H,23,25). The second kappa shape index (κ2) is 11.2. The van der Waals surface area contributed by atoms with Crippen LogP contribution in [0.15, 0.2) is 25.3 Å². The summed E-state index contributed by atoms with van der Waals surface area (Å²) in [6, 6.07) is -0.118. The molecule has 0 aromatic carbocycles. The predicted molar refractivity (Wildman–Crippen MR) is 109 cm³/mol. The van der Waals surface area contributed by atoms with Gasteiger partial charge in [0.25, 0.3) is 0 Å². The number of carbonyl (C=O) groups is 2. The summed E-state index contributed by atoms with van der Waals surface area (Å²) in [6.45, 7) is 21.2. The molecule has 156 valence electrons. The summed E-state index contributed by atoms with van der Waals surface area (Å²) < 4.78 is 12.2. The second-order valence-corrected chi connectivity index (χ2v) is 8.39. The highest BCUT2D eigenvalue weighted by Gasteiger charge is 2.29. The Balaban J connectivity index is 4.48. The molecular formula is C21H38N2O4. The summed E-state index contributed by atoms with van der Waals surface area (Å²) in [6.07, 6.45) is 3.87. The third kappa shape index (κ3) is 12.4. The first-order chi connectivity index (χ1) is 12.3. The minimum Gasteiger partial charge on any atom is -0.373 e. The maximum absolute atomic E-state index is 11.4. The zero-order valence-electron chi connectivity index (χ0n) is 18.1. The number of nitrogens with one attached hydrogen (secondary N) is 2. The minimum atomic E-state index is -0.397. The van der Waals surface area contributed by atoms with Crippen LogP contribution >= 0.6 is 0 Å². The third-order valence-corrected chi connectivity index (χ3v) is 3.97. The Hall–Kier alpha value is -1.66. The van der Waals surface area contributed by atoms with E-state index in [1.807, 2.05) is 48.5 Å². The topological polar surface area (TPSA) is 76.7 Å². The number of carbonyl (C=O) groups excluding carboxylic acids is 2. The molecule has 0 saturated carbocycles. The predicted octanol–water partition coefficient (Wildman–Crippen LogP) is 3.13. The molecule has 0 rings (SSSR count). The van der Waals surface area contributed by atoms with Gasteiger partial charge in [-0.2, -0.15) is 0 Å². The third-order valence-electron chi connectivity index (χ3n) is 3.97. The normalized spacial score (nSPS) is 15.4. The minimum absolute atomic E-state index is 0.0173. The van der Waals surface area contributed by atoms with Crippen LogP contribution in [0.1, 0.15) is 61.3 Å². The van der Waals surface area contributed by atoms with Gasteiger partial charge in [0.15, 0.2) is 0 Å². The second-order valence-electron chi connectivity index (χ2n) is 8.39. The van der Waals surface area contributed by atoms with Gasteiger partial charge in [-0.1, -0.05) is 13.2 Å². The molecular weight excluding hydrogens is 344 g/mol. The molecule has 0 spiro atoms. The molecule has 0 aliphatic carbocycles. The van der Waals surface area contributed by atoms with Crippen LogP contribution < -0.4 is 10.6 Å². The molecule has 27 heavy (non-hydrogen) atoms. The first kappa shape index (κ1) is 25.3. The van der Waals surface area contributed by atoms with Crippen LogP contribution in [0.25, 0.3) is 0 Å². The van der Waals surface area contributed by atoms with Gasteiger partial charge in [-0.15, -0.1) is 0 Å². The first-order valence-corrected chi connectivity index (χ1v) is 9.48. The van der Waals surface area contributed by atoms with E-state index in [0.717, 1.165) is 0 Å². The van der Waals surface area contributed by atoms with Gasteiger partial charge < -0.3 is 20.1 Å². The number of rotatable bonds is 13. The van der Waals surface area contributed by atoms with Crippen molar-refractivity contribution >= 4 is 11.8 Å². The van der Waals surface area contributed by atoms with E-state index in [2.05, 4.69) is 23.8 Å². The lowest BCUT2D eigenvalue weighted by Crippen LogP contribution is -2.42. The van der Waals surface area contributed by atoms with Crippen LogP contribution in [0.2, 0.25) is 0 Å². The maximum atomic E-state index is 11.4. The van der Waals surface area contributed by atoms with Crippen LogP contribution in [-0.2, 0) is 19.1 Å². The van der Waals surface area contributed by atoms with Crippen LogP contribution in [0.3, 0.4) is 0 Å². The smallest absolute Gasteiger partial charge is 0.243 e. The maximum Gasteiger partial charge on any atom is 0.243 e. The number of hydrogen-bond acceptors (Lipinski definition) is 4. The van der Waals surface area contributed by atoms with Crippen molar-refractivity contribution in [2.24, 2.45) is 0 Å². The molecule has 2 amide bonds. The SMILES string of the molecule is C=CC(=O)NC(C)COC(C)(C)CC(C)OC(C)(C)CC(C)NC(=O)C=C. The van der Waals surface area contributed by atoms with Gasteiger partial charge in [-0.3, -0.25) is 9.59 Å². The van der Waals surface area contributed by atoms with E-state index in [0.29, 0.717) is 19.4 Å². The lowest BCUT2D eigenvalue weighted by atomic mass is 9.97. The Bertz CT molecular complexity index is 514. The largest absolute Gasteiger partial charge is 0.373 e. The average molecular weight is 383 g/mol. The highest BCUT2D eigenvalue weighted by Crippen LogP contribution is 2.25. The van der Waals surface area contributed by atoms with Crippen molar-refractivity contribution in [1.82, 2.24) is 10.6 Å². The zero-order valence-corrected chi connectivity index (χ0v) is 18.1. The summed E-state index contributed by atoms with van der Waals surface area (Å²) in [7, 11) is 0. The van der Waals surface area contributed by atoms with E-state index in [-0.39, 0.29) is 30.0 Å². The van der Waals surface area contributed by atoms with Crippen molar-refractivity contribution in [3.05, 3.63) is 25.3 Å². The summed E-state index contributed by atoms with van der Waals surface area (Å²) in [5, 5.41) is 5.64. The van der Waals surface area contributed by atoms with Gasteiger partial charge in [-0.05, 0) is 67.0 Å². The molecule has 3 atom stereocenters. The highest BCUT2D eigenvalue weighted by molar-refractivity contribution is 5.87. The molecule has 0 bridgehead atoms. The van der Waals surface area contributed by atoms with E-state index >= 15 is 0 Å². The van der Waals surface area contributed by atoms with Crippen molar-refractivity contribution in [3.63, 3.8) is 0 Å². The van der Waals surface area contributed by atoms with E-state index in [1.54, 1.807) is 0 Å². The van der Waals surface area contributed by atoms with Crippen LogP contribution in [0.5, 0.6) is 0 Å². The van der Waals surface area contributed by atoms with E-state index in [4.69, 9.17) is 9.47 Å². The molecule has 0 radical (unpaired) electrons. The molecule has 0 aromatic heterocycles. The fraction of sp³-hybridized carbons (Fsp3) is 0.714. The molecule has 2 N–H and O–H groups in total. The Morgan fingerprint density at radius 3 is 1.85 bits per heavy atom. The van der Waals surface area contributed by atoms with Crippen LogP contribution in [0, 0.1) is 0 Å². The summed E-state index contributed by atoms with van der Waals surface area (Å²) in [4.78, 5) is 22.7. The van der Waals surface area contributed by atoms with Crippen molar-refractivity contribution in [1.29, 1.82) is 0 Å². The number of hydrogen-bond donors (Lipinski definition) is 2. The van der Waals surface area contributed by atoms with E-state index in [1.165, 1.54) is 12.2 Å². The number of ether oxygens (including phenoxy) is 2. The van der Waals surface area contributed by atoms with Crippen molar-refractivity contribution in [2.75, 3.05) is 6.61 Å². The lowest BCUT2D eigenvalue weighted by molar-refractivity contribution is -0.124. The molecule has 0 aromatic rings. The van der Waals surface area contributed by atoms with Crippen LogP contribution in [-0.4, -0.2) is 47.8 Å². The van der Waals surface area contributed by atoms with E-state index in [9.17, 15) is 9.59 Å². The van der Waals surface area contributed by atoms with Gasteiger partial charge in [0.1, 0.15) is 0 Å².